The molecule has 2 fully saturated rings. The van der Waals surface area contributed by atoms with E-state index < -0.39 is 0 Å². The van der Waals surface area contributed by atoms with Crippen LogP contribution in [-0.4, -0.2) is 48.1 Å². The minimum atomic E-state index is 0.0487. The summed E-state index contributed by atoms with van der Waals surface area (Å²) in [6.07, 6.45) is 6.39. The Balaban J connectivity index is 1.52. The van der Waals surface area contributed by atoms with Gasteiger partial charge in [-0.25, -0.2) is 4.79 Å². The number of anilines is 1. The number of urea groups is 1. The number of para-hydroxylation sites is 1. The van der Waals surface area contributed by atoms with Crippen LogP contribution in [0.25, 0.3) is 0 Å². The molecule has 3 rings (SSSR count). The van der Waals surface area contributed by atoms with Gasteiger partial charge in [-0.05, 0) is 57.2 Å². The molecule has 0 aromatic heterocycles. The fourth-order valence-corrected chi connectivity index (χ4v) is 3.88. The molecule has 0 radical (unpaired) electrons. The van der Waals surface area contributed by atoms with E-state index >= 15 is 0 Å². The first kappa shape index (κ1) is 16.3. The van der Waals surface area contributed by atoms with E-state index in [0.29, 0.717) is 12.0 Å². The first-order valence-corrected chi connectivity index (χ1v) is 9.07. The highest BCUT2D eigenvalue weighted by Crippen LogP contribution is 2.23. The number of carbonyl (C=O) groups excluding carboxylic acids is 1. The number of carbonyl (C=O) groups is 1. The SMILES string of the molecule is CC1CCCCN1CC1CCCN(C(=O)Nc2ccccc2)C1. The molecule has 2 aliphatic heterocycles. The van der Waals surface area contributed by atoms with Crippen LogP contribution in [0.3, 0.4) is 0 Å². The van der Waals surface area contributed by atoms with Gasteiger partial charge in [0.25, 0.3) is 0 Å². The van der Waals surface area contributed by atoms with Crippen molar-refractivity contribution in [2.24, 2.45) is 5.92 Å². The Labute approximate surface area is 139 Å². The summed E-state index contributed by atoms with van der Waals surface area (Å²) in [4.78, 5) is 17.1. The van der Waals surface area contributed by atoms with Crippen molar-refractivity contribution in [1.82, 2.24) is 9.80 Å². The van der Waals surface area contributed by atoms with Crippen molar-refractivity contribution in [3.8, 4) is 0 Å². The molecule has 0 saturated carbocycles. The molecule has 1 aromatic carbocycles. The Kier molecular flexibility index (Phi) is 5.55. The molecule has 0 spiro atoms. The van der Waals surface area contributed by atoms with E-state index in [1.54, 1.807) is 0 Å². The number of hydrogen-bond donors (Lipinski definition) is 1. The van der Waals surface area contributed by atoms with Gasteiger partial charge in [0.2, 0.25) is 0 Å². The summed E-state index contributed by atoms with van der Waals surface area (Å²) < 4.78 is 0. The van der Waals surface area contributed by atoms with Crippen molar-refractivity contribution in [1.29, 1.82) is 0 Å². The standard InChI is InChI=1S/C19H29N3O/c1-16-8-5-6-12-21(16)14-17-9-7-13-22(15-17)19(23)20-18-10-3-2-4-11-18/h2-4,10-11,16-17H,5-9,12-15H2,1H3,(H,20,23). The third-order valence-corrected chi connectivity index (χ3v) is 5.26. The van der Waals surface area contributed by atoms with Gasteiger partial charge in [-0.15, -0.1) is 0 Å². The fourth-order valence-electron chi connectivity index (χ4n) is 3.88. The quantitative estimate of drug-likeness (QED) is 0.921. The summed E-state index contributed by atoms with van der Waals surface area (Å²) >= 11 is 0. The number of nitrogens with one attached hydrogen (secondary N) is 1. The van der Waals surface area contributed by atoms with Gasteiger partial charge in [0, 0.05) is 31.4 Å². The van der Waals surface area contributed by atoms with Crippen LogP contribution in [0.4, 0.5) is 10.5 Å². The highest BCUT2D eigenvalue weighted by atomic mass is 16.2. The van der Waals surface area contributed by atoms with Crippen LogP contribution >= 0.6 is 0 Å². The molecule has 2 unspecified atom stereocenters. The smallest absolute Gasteiger partial charge is 0.321 e. The highest BCUT2D eigenvalue weighted by molar-refractivity contribution is 5.89. The number of hydrogen-bond acceptors (Lipinski definition) is 2. The van der Waals surface area contributed by atoms with E-state index in [0.717, 1.165) is 31.7 Å². The van der Waals surface area contributed by atoms with E-state index in [1.165, 1.54) is 32.2 Å². The molecule has 2 heterocycles. The molecule has 2 amide bonds. The van der Waals surface area contributed by atoms with E-state index in [1.807, 2.05) is 35.2 Å². The van der Waals surface area contributed by atoms with Crippen LogP contribution < -0.4 is 5.32 Å². The number of piperidine rings is 2. The topological polar surface area (TPSA) is 35.6 Å². The molecule has 23 heavy (non-hydrogen) atoms. The van der Waals surface area contributed by atoms with E-state index in [9.17, 15) is 4.79 Å². The third-order valence-electron chi connectivity index (χ3n) is 5.26. The average Bonchev–Trinajstić information content (AvgIpc) is 2.58. The van der Waals surface area contributed by atoms with Crippen molar-refractivity contribution in [2.45, 2.75) is 45.1 Å². The zero-order valence-electron chi connectivity index (χ0n) is 14.2. The molecular weight excluding hydrogens is 286 g/mol. The predicted octanol–water partition coefficient (Wildman–Crippen LogP) is 3.80. The Morgan fingerprint density at radius 1 is 1.13 bits per heavy atom. The summed E-state index contributed by atoms with van der Waals surface area (Å²) in [6, 6.07) is 10.5. The lowest BCUT2D eigenvalue weighted by Crippen LogP contribution is -2.47. The lowest BCUT2D eigenvalue weighted by atomic mass is 9.95. The normalized spacial score (nSPS) is 26.0. The zero-order valence-corrected chi connectivity index (χ0v) is 14.2. The van der Waals surface area contributed by atoms with Gasteiger partial charge in [0.05, 0.1) is 0 Å². The maximum Gasteiger partial charge on any atom is 0.321 e. The van der Waals surface area contributed by atoms with Crippen molar-refractivity contribution in [2.75, 3.05) is 31.5 Å². The van der Waals surface area contributed by atoms with Gasteiger partial charge < -0.3 is 15.1 Å². The fraction of sp³-hybridized carbons (Fsp3) is 0.632. The third kappa shape index (κ3) is 4.47. The second-order valence-electron chi connectivity index (χ2n) is 7.09. The number of nitrogens with zero attached hydrogens (tertiary/aromatic N) is 2. The van der Waals surface area contributed by atoms with E-state index in [-0.39, 0.29) is 6.03 Å². The number of amides is 2. The highest BCUT2D eigenvalue weighted by Gasteiger charge is 2.27. The molecular formula is C19H29N3O. The largest absolute Gasteiger partial charge is 0.324 e. The van der Waals surface area contributed by atoms with Gasteiger partial charge in [0.1, 0.15) is 0 Å². The molecule has 4 nitrogen and oxygen atoms in total. The summed E-state index contributed by atoms with van der Waals surface area (Å²) in [5.74, 6) is 0.617. The van der Waals surface area contributed by atoms with Gasteiger partial charge in [-0.1, -0.05) is 24.6 Å². The molecule has 1 N–H and O–H groups in total. The number of likely N-dealkylation sites (tertiary alicyclic amines) is 2. The van der Waals surface area contributed by atoms with Gasteiger partial charge in [-0.2, -0.15) is 0 Å². The van der Waals surface area contributed by atoms with Gasteiger partial charge >= 0.3 is 6.03 Å². The molecule has 4 heteroatoms. The van der Waals surface area contributed by atoms with Crippen LogP contribution in [0.15, 0.2) is 30.3 Å². The summed E-state index contributed by atoms with van der Waals surface area (Å²) in [5.41, 5.74) is 0.879. The van der Waals surface area contributed by atoms with E-state index in [2.05, 4.69) is 17.1 Å². The first-order chi connectivity index (χ1) is 11.2. The number of rotatable bonds is 3. The maximum atomic E-state index is 12.5. The Hall–Kier alpha value is -1.55. The molecule has 126 valence electrons. The Morgan fingerprint density at radius 3 is 2.74 bits per heavy atom. The lowest BCUT2D eigenvalue weighted by molar-refractivity contribution is 0.104. The van der Waals surface area contributed by atoms with Gasteiger partial charge in [0.15, 0.2) is 0 Å². The molecule has 1 aromatic rings. The maximum absolute atomic E-state index is 12.5. The molecule has 0 bridgehead atoms. The summed E-state index contributed by atoms with van der Waals surface area (Å²) in [5, 5.41) is 3.02. The van der Waals surface area contributed by atoms with Crippen LogP contribution in [0.2, 0.25) is 0 Å². The van der Waals surface area contributed by atoms with E-state index in [4.69, 9.17) is 0 Å². The number of benzene rings is 1. The molecule has 0 aliphatic carbocycles. The van der Waals surface area contributed by atoms with Crippen molar-refractivity contribution in [3.05, 3.63) is 30.3 Å². The van der Waals surface area contributed by atoms with Crippen LogP contribution in [-0.2, 0) is 0 Å². The molecule has 2 aliphatic rings. The average molecular weight is 315 g/mol. The summed E-state index contributed by atoms with van der Waals surface area (Å²) in [6.45, 7) is 6.50. The minimum absolute atomic E-state index is 0.0487. The monoisotopic (exact) mass is 315 g/mol. The Bertz CT molecular complexity index is 505. The van der Waals surface area contributed by atoms with Crippen LogP contribution in [0, 0.1) is 5.92 Å². The zero-order chi connectivity index (χ0) is 16.1. The van der Waals surface area contributed by atoms with Crippen molar-refractivity contribution >= 4 is 11.7 Å². The lowest BCUT2D eigenvalue weighted by Gasteiger charge is -2.39. The van der Waals surface area contributed by atoms with Crippen molar-refractivity contribution in [3.63, 3.8) is 0 Å². The predicted molar refractivity (Wildman–Crippen MR) is 94.6 cm³/mol. The molecule has 2 atom stereocenters. The first-order valence-electron chi connectivity index (χ1n) is 9.07. The second-order valence-corrected chi connectivity index (χ2v) is 7.09. The summed E-state index contributed by atoms with van der Waals surface area (Å²) in [7, 11) is 0. The van der Waals surface area contributed by atoms with Crippen molar-refractivity contribution < 1.29 is 4.79 Å². The Morgan fingerprint density at radius 2 is 1.96 bits per heavy atom. The van der Waals surface area contributed by atoms with Crippen LogP contribution in [0.1, 0.15) is 39.0 Å². The van der Waals surface area contributed by atoms with Crippen LogP contribution in [0.5, 0.6) is 0 Å². The van der Waals surface area contributed by atoms with Gasteiger partial charge in [-0.3, -0.25) is 0 Å². The second kappa shape index (κ2) is 7.82. The molecule has 2 saturated heterocycles. The minimum Gasteiger partial charge on any atom is -0.324 e.